The van der Waals surface area contributed by atoms with Crippen LogP contribution in [0.5, 0.6) is 0 Å². The normalized spacial score (nSPS) is 17.6. The number of Topliss-reactive ketones (excluding diaryl/α,β-unsaturated/α-hetero) is 1. The molecular formula is C13H16N2O4. The van der Waals surface area contributed by atoms with Crippen molar-refractivity contribution in [2.24, 2.45) is 0 Å². The van der Waals surface area contributed by atoms with E-state index in [9.17, 15) is 14.4 Å². The summed E-state index contributed by atoms with van der Waals surface area (Å²) in [7, 11) is 0. The van der Waals surface area contributed by atoms with E-state index in [0.717, 1.165) is 0 Å². The van der Waals surface area contributed by atoms with Gasteiger partial charge in [-0.25, -0.2) is 0 Å². The van der Waals surface area contributed by atoms with Gasteiger partial charge in [0.15, 0.2) is 5.78 Å². The molecule has 0 fully saturated rings. The Balaban J connectivity index is 2.26. The Labute approximate surface area is 110 Å². The SMILES string of the molecule is CCOC(=O)CC1CNC(=O)c2cc(C(C)=O)cn21. The molecule has 2 heterocycles. The van der Waals surface area contributed by atoms with E-state index < -0.39 is 0 Å². The number of ketones is 1. The Hall–Kier alpha value is -2.11. The second kappa shape index (κ2) is 5.26. The zero-order chi connectivity index (χ0) is 14.0. The molecule has 1 aliphatic heterocycles. The average molecular weight is 264 g/mol. The van der Waals surface area contributed by atoms with Gasteiger partial charge in [0, 0.05) is 18.3 Å². The molecule has 0 bridgehead atoms. The molecule has 6 nitrogen and oxygen atoms in total. The van der Waals surface area contributed by atoms with Crippen LogP contribution in [0.25, 0.3) is 0 Å². The van der Waals surface area contributed by atoms with E-state index >= 15 is 0 Å². The van der Waals surface area contributed by atoms with E-state index in [2.05, 4.69) is 5.32 Å². The van der Waals surface area contributed by atoms with Gasteiger partial charge in [-0.1, -0.05) is 0 Å². The van der Waals surface area contributed by atoms with Crippen LogP contribution < -0.4 is 5.32 Å². The number of rotatable bonds is 4. The fourth-order valence-corrected chi connectivity index (χ4v) is 2.14. The molecule has 1 N–H and O–H groups in total. The number of fused-ring (bicyclic) bond motifs is 1. The van der Waals surface area contributed by atoms with Crippen LogP contribution >= 0.6 is 0 Å². The smallest absolute Gasteiger partial charge is 0.307 e. The van der Waals surface area contributed by atoms with Crippen LogP contribution in [-0.4, -0.2) is 35.4 Å². The van der Waals surface area contributed by atoms with Crippen LogP contribution in [0.15, 0.2) is 12.3 Å². The van der Waals surface area contributed by atoms with Crippen LogP contribution in [0.1, 0.15) is 47.2 Å². The standard InChI is InChI=1S/C13H16N2O4/c1-3-19-12(17)5-10-6-14-13(18)11-4-9(8(2)16)7-15(10)11/h4,7,10H,3,5-6H2,1-2H3,(H,14,18). The van der Waals surface area contributed by atoms with Crippen molar-refractivity contribution in [3.05, 3.63) is 23.5 Å². The largest absolute Gasteiger partial charge is 0.466 e. The summed E-state index contributed by atoms with van der Waals surface area (Å²) in [5, 5.41) is 2.71. The van der Waals surface area contributed by atoms with E-state index in [-0.39, 0.29) is 30.1 Å². The minimum absolute atomic E-state index is 0.107. The summed E-state index contributed by atoms with van der Waals surface area (Å²) in [6, 6.07) is 1.34. The lowest BCUT2D eigenvalue weighted by Crippen LogP contribution is -2.39. The molecule has 1 aromatic heterocycles. The monoisotopic (exact) mass is 264 g/mol. The lowest BCUT2D eigenvalue weighted by atomic mass is 10.1. The summed E-state index contributed by atoms with van der Waals surface area (Å²) in [5.41, 5.74) is 0.881. The van der Waals surface area contributed by atoms with Crippen LogP contribution in [0.2, 0.25) is 0 Å². The lowest BCUT2D eigenvalue weighted by Gasteiger charge is -2.25. The van der Waals surface area contributed by atoms with Crippen LogP contribution in [0.3, 0.4) is 0 Å². The number of nitrogens with one attached hydrogen (secondary N) is 1. The molecule has 0 aliphatic carbocycles. The zero-order valence-corrected chi connectivity index (χ0v) is 10.9. The van der Waals surface area contributed by atoms with Gasteiger partial charge in [-0.05, 0) is 19.9 Å². The highest BCUT2D eigenvalue weighted by Gasteiger charge is 2.28. The average Bonchev–Trinajstić information content (AvgIpc) is 2.79. The predicted molar refractivity (Wildman–Crippen MR) is 67.1 cm³/mol. The molecule has 1 atom stereocenters. The van der Waals surface area contributed by atoms with Crippen molar-refractivity contribution in [3.63, 3.8) is 0 Å². The van der Waals surface area contributed by atoms with Crippen LogP contribution in [0.4, 0.5) is 0 Å². The quantitative estimate of drug-likeness (QED) is 0.648. The fourth-order valence-electron chi connectivity index (χ4n) is 2.14. The summed E-state index contributed by atoms with van der Waals surface area (Å²) in [5.74, 6) is -0.648. The summed E-state index contributed by atoms with van der Waals surface area (Å²) < 4.78 is 6.60. The second-order valence-electron chi connectivity index (χ2n) is 4.45. The first-order valence-electron chi connectivity index (χ1n) is 6.19. The van der Waals surface area contributed by atoms with Crippen LogP contribution in [0, 0.1) is 0 Å². The third-order valence-electron chi connectivity index (χ3n) is 3.09. The van der Waals surface area contributed by atoms with Gasteiger partial charge >= 0.3 is 5.97 Å². The fraction of sp³-hybridized carbons (Fsp3) is 0.462. The Bertz CT molecular complexity index is 533. The third-order valence-corrected chi connectivity index (χ3v) is 3.09. The molecule has 102 valence electrons. The number of amides is 1. The van der Waals surface area contributed by atoms with Crippen molar-refractivity contribution in [2.75, 3.05) is 13.2 Å². The molecule has 19 heavy (non-hydrogen) atoms. The lowest BCUT2D eigenvalue weighted by molar-refractivity contribution is -0.144. The maximum absolute atomic E-state index is 11.7. The number of ether oxygens (including phenoxy) is 1. The molecule has 2 rings (SSSR count). The molecule has 0 spiro atoms. The van der Waals surface area contributed by atoms with Gasteiger partial charge in [-0.3, -0.25) is 14.4 Å². The predicted octanol–water partition coefficient (Wildman–Crippen LogP) is 0.928. The molecule has 1 aliphatic rings. The van der Waals surface area contributed by atoms with Crippen LogP contribution in [-0.2, 0) is 9.53 Å². The topological polar surface area (TPSA) is 77.4 Å². The van der Waals surface area contributed by atoms with Crippen molar-refractivity contribution >= 4 is 17.7 Å². The highest BCUT2D eigenvalue weighted by atomic mass is 16.5. The summed E-state index contributed by atoms with van der Waals surface area (Å²) in [4.78, 5) is 34.6. The van der Waals surface area contributed by atoms with E-state index in [4.69, 9.17) is 4.74 Å². The van der Waals surface area contributed by atoms with Crippen molar-refractivity contribution in [1.29, 1.82) is 0 Å². The molecular weight excluding hydrogens is 248 g/mol. The molecule has 0 saturated heterocycles. The minimum Gasteiger partial charge on any atom is -0.466 e. The molecule has 1 aromatic rings. The van der Waals surface area contributed by atoms with Crippen molar-refractivity contribution < 1.29 is 19.1 Å². The minimum atomic E-state index is -0.312. The number of esters is 1. The molecule has 0 saturated carbocycles. The first-order chi connectivity index (χ1) is 9.02. The first-order valence-corrected chi connectivity index (χ1v) is 6.19. The van der Waals surface area contributed by atoms with Gasteiger partial charge in [0.25, 0.3) is 5.91 Å². The first kappa shape index (κ1) is 13.3. The number of hydrogen-bond donors (Lipinski definition) is 1. The number of carbonyl (C=O) groups is 3. The van der Waals surface area contributed by atoms with Gasteiger partial charge < -0.3 is 14.6 Å². The zero-order valence-electron chi connectivity index (χ0n) is 10.9. The van der Waals surface area contributed by atoms with Crippen molar-refractivity contribution in [3.8, 4) is 0 Å². The Morgan fingerprint density at radius 3 is 2.89 bits per heavy atom. The summed E-state index contributed by atoms with van der Waals surface area (Å²) in [6.45, 7) is 3.88. The van der Waals surface area contributed by atoms with Gasteiger partial charge in [-0.15, -0.1) is 0 Å². The highest BCUT2D eigenvalue weighted by Crippen LogP contribution is 2.22. The molecule has 0 radical (unpaired) electrons. The Morgan fingerprint density at radius 2 is 2.26 bits per heavy atom. The van der Waals surface area contributed by atoms with Crippen molar-refractivity contribution in [1.82, 2.24) is 9.88 Å². The van der Waals surface area contributed by atoms with Gasteiger partial charge in [-0.2, -0.15) is 0 Å². The van der Waals surface area contributed by atoms with Crippen molar-refractivity contribution in [2.45, 2.75) is 26.3 Å². The maximum atomic E-state index is 11.7. The highest BCUT2D eigenvalue weighted by molar-refractivity contribution is 5.99. The number of carbonyl (C=O) groups excluding carboxylic acids is 3. The van der Waals surface area contributed by atoms with Gasteiger partial charge in [0.2, 0.25) is 0 Å². The molecule has 6 heteroatoms. The van der Waals surface area contributed by atoms with E-state index in [1.54, 1.807) is 23.8 Å². The Kier molecular flexibility index (Phi) is 3.69. The van der Waals surface area contributed by atoms with E-state index in [0.29, 0.717) is 24.4 Å². The summed E-state index contributed by atoms with van der Waals surface area (Å²) >= 11 is 0. The maximum Gasteiger partial charge on any atom is 0.307 e. The summed E-state index contributed by atoms with van der Waals surface area (Å²) in [6.07, 6.45) is 1.80. The molecule has 1 amide bonds. The van der Waals surface area contributed by atoms with Gasteiger partial charge in [0.05, 0.1) is 19.1 Å². The number of aromatic nitrogens is 1. The molecule has 1 unspecified atom stereocenters. The number of nitrogens with zero attached hydrogens (tertiary/aromatic N) is 1. The van der Waals surface area contributed by atoms with E-state index in [1.165, 1.54) is 6.92 Å². The number of hydrogen-bond acceptors (Lipinski definition) is 4. The third kappa shape index (κ3) is 2.67. The second-order valence-corrected chi connectivity index (χ2v) is 4.45. The Morgan fingerprint density at radius 1 is 1.53 bits per heavy atom. The van der Waals surface area contributed by atoms with E-state index in [1.807, 2.05) is 0 Å². The van der Waals surface area contributed by atoms with Gasteiger partial charge in [0.1, 0.15) is 5.69 Å². The molecule has 0 aromatic carbocycles.